The van der Waals surface area contributed by atoms with Gasteiger partial charge in [-0.2, -0.15) is 5.26 Å². The zero-order valence-electron chi connectivity index (χ0n) is 24.2. The molecule has 0 aliphatic rings. The van der Waals surface area contributed by atoms with Gasteiger partial charge >= 0.3 is 6.09 Å². The molecule has 4 rings (SSSR count). The van der Waals surface area contributed by atoms with Crippen LogP contribution >= 0.6 is 0 Å². The van der Waals surface area contributed by atoms with Gasteiger partial charge in [0.2, 0.25) is 5.91 Å². The van der Waals surface area contributed by atoms with E-state index in [1.165, 1.54) is 0 Å². The predicted molar refractivity (Wildman–Crippen MR) is 159 cm³/mol. The first-order chi connectivity index (χ1) is 20.9. The van der Waals surface area contributed by atoms with Crippen molar-refractivity contribution in [2.24, 2.45) is 0 Å². The number of furan rings is 1. The molecule has 2 aromatic carbocycles. The maximum absolute atomic E-state index is 13.7. The minimum atomic E-state index is -0.889. The van der Waals surface area contributed by atoms with Crippen LogP contribution in [0.3, 0.4) is 0 Å². The van der Waals surface area contributed by atoms with Gasteiger partial charge < -0.3 is 34.4 Å². The Kier molecular flexibility index (Phi) is 10.8. The quantitative estimate of drug-likeness (QED) is 0.146. The van der Waals surface area contributed by atoms with Crippen molar-refractivity contribution in [3.8, 4) is 11.8 Å². The molecule has 0 saturated heterocycles. The molecule has 4 aromatic rings. The number of unbranched alkanes of at least 4 members (excludes halogenated alkanes) is 1. The molecular formula is C32H35N5O6. The number of fused-ring (bicyclic) bond motifs is 1. The smallest absolute Gasteiger partial charge is 0.407 e. The molecule has 1 atom stereocenters. The van der Waals surface area contributed by atoms with Crippen molar-refractivity contribution in [3.63, 3.8) is 0 Å². The maximum Gasteiger partial charge on any atom is 0.407 e. The van der Waals surface area contributed by atoms with Gasteiger partial charge in [0.1, 0.15) is 30.7 Å². The second kappa shape index (κ2) is 15.1. The number of carbonyl (C=O) groups is 3. The Balaban J connectivity index is 1.42. The number of nitrogens with zero attached hydrogens (tertiary/aromatic N) is 2. The van der Waals surface area contributed by atoms with E-state index in [1.807, 2.05) is 66.1 Å². The Hall–Kier alpha value is -5.24. The zero-order valence-corrected chi connectivity index (χ0v) is 24.2. The lowest BCUT2D eigenvalue weighted by Gasteiger charge is -2.18. The van der Waals surface area contributed by atoms with E-state index in [9.17, 15) is 14.4 Å². The largest absolute Gasteiger partial charge is 0.497 e. The molecule has 43 heavy (non-hydrogen) atoms. The zero-order chi connectivity index (χ0) is 30.6. The Labute approximate surface area is 249 Å². The highest BCUT2D eigenvalue weighted by atomic mass is 16.5. The summed E-state index contributed by atoms with van der Waals surface area (Å²) in [5.41, 5.74) is 2.82. The summed E-state index contributed by atoms with van der Waals surface area (Å²) in [6.45, 7) is 2.59. The first-order valence-corrected chi connectivity index (χ1v) is 14.0. The van der Waals surface area contributed by atoms with E-state index in [-0.39, 0.29) is 13.2 Å². The van der Waals surface area contributed by atoms with Crippen LogP contribution in [0, 0.1) is 18.3 Å². The second-order valence-corrected chi connectivity index (χ2v) is 9.90. The molecule has 11 heteroatoms. The monoisotopic (exact) mass is 585 g/mol. The average Bonchev–Trinajstić information content (AvgIpc) is 3.64. The summed E-state index contributed by atoms with van der Waals surface area (Å²) in [6.07, 6.45) is 2.45. The van der Waals surface area contributed by atoms with Crippen molar-refractivity contribution in [3.05, 3.63) is 89.5 Å². The SMILES string of the molecule is COc1ccc2c(c1)c(C(=O)NC(CCCCNC(=O)OCc1ccccc1)C(=O)NCC#N)c(C)n2Cc1ccco1. The van der Waals surface area contributed by atoms with Gasteiger partial charge in [0, 0.05) is 23.1 Å². The number of amides is 3. The topological polar surface area (TPSA) is 148 Å². The second-order valence-electron chi connectivity index (χ2n) is 9.90. The van der Waals surface area contributed by atoms with Crippen molar-refractivity contribution in [2.75, 3.05) is 20.2 Å². The lowest BCUT2D eigenvalue weighted by molar-refractivity contribution is -0.122. The van der Waals surface area contributed by atoms with Gasteiger partial charge in [0.05, 0.1) is 31.6 Å². The summed E-state index contributed by atoms with van der Waals surface area (Å²) < 4.78 is 18.2. The Morgan fingerprint density at radius 1 is 1.05 bits per heavy atom. The van der Waals surface area contributed by atoms with Gasteiger partial charge in [0.25, 0.3) is 5.91 Å². The number of carbonyl (C=O) groups excluding carboxylic acids is 3. The molecule has 0 saturated carbocycles. The number of rotatable bonds is 14. The third kappa shape index (κ3) is 8.16. The molecule has 0 radical (unpaired) electrons. The number of nitrogens with one attached hydrogen (secondary N) is 3. The van der Waals surface area contributed by atoms with E-state index >= 15 is 0 Å². The van der Waals surface area contributed by atoms with Crippen LogP contribution in [-0.2, 0) is 22.7 Å². The molecule has 3 N–H and O–H groups in total. The van der Waals surface area contributed by atoms with Crippen LogP contribution in [-0.4, -0.2) is 48.7 Å². The number of alkyl carbamates (subject to hydrolysis) is 1. The number of hydrogen-bond donors (Lipinski definition) is 3. The van der Waals surface area contributed by atoms with E-state index in [4.69, 9.17) is 19.2 Å². The fraction of sp³-hybridized carbons (Fsp3) is 0.312. The Morgan fingerprint density at radius 3 is 2.58 bits per heavy atom. The average molecular weight is 586 g/mol. The van der Waals surface area contributed by atoms with Crippen molar-refractivity contribution in [2.45, 2.75) is 45.4 Å². The van der Waals surface area contributed by atoms with E-state index < -0.39 is 23.9 Å². The van der Waals surface area contributed by atoms with E-state index in [2.05, 4.69) is 16.0 Å². The molecule has 1 unspecified atom stereocenters. The van der Waals surface area contributed by atoms with Crippen LogP contribution in [0.15, 0.2) is 71.3 Å². The van der Waals surface area contributed by atoms with Crippen LogP contribution < -0.4 is 20.7 Å². The number of ether oxygens (including phenoxy) is 2. The van der Waals surface area contributed by atoms with E-state index in [0.717, 1.165) is 16.8 Å². The lowest BCUT2D eigenvalue weighted by Crippen LogP contribution is -2.47. The highest BCUT2D eigenvalue weighted by Crippen LogP contribution is 2.30. The van der Waals surface area contributed by atoms with E-state index in [0.29, 0.717) is 54.7 Å². The van der Waals surface area contributed by atoms with Crippen molar-refractivity contribution in [1.29, 1.82) is 5.26 Å². The van der Waals surface area contributed by atoms with Gasteiger partial charge in [-0.3, -0.25) is 9.59 Å². The van der Waals surface area contributed by atoms with Crippen molar-refractivity contribution >= 4 is 28.8 Å². The van der Waals surface area contributed by atoms with Crippen LogP contribution in [0.2, 0.25) is 0 Å². The summed E-state index contributed by atoms with van der Waals surface area (Å²) in [7, 11) is 1.56. The van der Waals surface area contributed by atoms with Gasteiger partial charge in [-0.05, 0) is 62.1 Å². The maximum atomic E-state index is 13.7. The summed E-state index contributed by atoms with van der Waals surface area (Å²) in [5.74, 6) is 0.442. The molecule has 0 aliphatic heterocycles. The van der Waals surface area contributed by atoms with Gasteiger partial charge in [-0.15, -0.1) is 0 Å². The highest BCUT2D eigenvalue weighted by Gasteiger charge is 2.26. The predicted octanol–water partition coefficient (Wildman–Crippen LogP) is 4.43. The minimum Gasteiger partial charge on any atom is -0.497 e. The summed E-state index contributed by atoms with van der Waals surface area (Å²) in [6, 6.07) is 19.5. The number of hydrogen-bond acceptors (Lipinski definition) is 7. The van der Waals surface area contributed by atoms with Crippen LogP contribution in [0.25, 0.3) is 10.9 Å². The van der Waals surface area contributed by atoms with Gasteiger partial charge in [-0.1, -0.05) is 30.3 Å². The molecule has 0 spiro atoms. The molecule has 0 aliphatic carbocycles. The normalized spacial score (nSPS) is 11.4. The van der Waals surface area contributed by atoms with E-state index in [1.54, 1.807) is 25.5 Å². The number of aromatic nitrogens is 1. The lowest BCUT2D eigenvalue weighted by atomic mass is 10.1. The Morgan fingerprint density at radius 2 is 1.86 bits per heavy atom. The number of benzene rings is 2. The summed E-state index contributed by atoms with van der Waals surface area (Å²) >= 11 is 0. The molecule has 224 valence electrons. The standard InChI is InChI=1S/C32H35N5O6/c1-22-29(26-19-24(41-2)13-14-28(26)37(22)20-25-11-8-18-42-25)31(39)36-27(30(38)34-17-15-33)12-6-7-16-35-32(40)43-21-23-9-4-3-5-10-23/h3-5,8-11,13-14,18-19,27H,6-7,12,16-17,20-21H2,1-2H3,(H,34,38)(H,35,40)(H,36,39). The van der Waals surface area contributed by atoms with Crippen LogP contribution in [0.4, 0.5) is 4.79 Å². The fourth-order valence-corrected chi connectivity index (χ4v) is 4.82. The summed E-state index contributed by atoms with van der Waals surface area (Å²) in [5, 5.41) is 17.8. The molecule has 0 fully saturated rings. The third-order valence-electron chi connectivity index (χ3n) is 7.02. The van der Waals surface area contributed by atoms with Gasteiger partial charge in [0.15, 0.2) is 0 Å². The van der Waals surface area contributed by atoms with Crippen LogP contribution in [0.5, 0.6) is 5.75 Å². The van der Waals surface area contributed by atoms with Gasteiger partial charge in [-0.25, -0.2) is 4.79 Å². The first kappa shape index (κ1) is 30.7. The Bertz CT molecular complexity index is 1570. The molecule has 11 nitrogen and oxygen atoms in total. The fourth-order valence-electron chi connectivity index (χ4n) is 4.82. The molecule has 2 aromatic heterocycles. The van der Waals surface area contributed by atoms with Crippen molar-refractivity contribution in [1.82, 2.24) is 20.5 Å². The third-order valence-corrected chi connectivity index (χ3v) is 7.02. The first-order valence-electron chi connectivity index (χ1n) is 14.0. The molecule has 3 amide bonds. The van der Waals surface area contributed by atoms with Crippen molar-refractivity contribution < 1.29 is 28.3 Å². The highest BCUT2D eigenvalue weighted by molar-refractivity contribution is 6.09. The minimum absolute atomic E-state index is 0.170. The molecule has 2 heterocycles. The summed E-state index contributed by atoms with van der Waals surface area (Å²) in [4.78, 5) is 38.7. The molecular weight excluding hydrogens is 550 g/mol. The number of nitriles is 1. The van der Waals surface area contributed by atoms with Crippen LogP contribution in [0.1, 0.15) is 46.6 Å². The molecule has 0 bridgehead atoms. The number of methoxy groups -OCH3 is 1.